The van der Waals surface area contributed by atoms with Crippen molar-refractivity contribution in [3.05, 3.63) is 93.8 Å². The van der Waals surface area contributed by atoms with Crippen LogP contribution in [0.15, 0.2) is 66.2 Å². The van der Waals surface area contributed by atoms with E-state index in [1.807, 2.05) is 87.5 Å². The zero-order chi connectivity index (χ0) is 21.0. The van der Waals surface area contributed by atoms with E-state index >= 15 is 0 Å². The fourth-order valence-electron chi connectivity index (χ4n) is 3.35. The van der Waals surface area contributed by atoms with Gasteiger partial charge >= 0.3 is 0 Å². The Bertz CT molecular complexity index is 1110. The zero-order valence-electron chi connectivity index (χ0n) is 16.6. The van der Waals surface area contributed by atoms with E-state index in [1.165, 1.54) is 0 Å². The number of rotatable bonds is 5. The number of aryl methyl sites for hydroxylation is 1. The minimum atomic E-state index is -0.392. The number of nitriles is 1. The van der Waals surface area contributed by atoms with Crippen molar-refractivity contribution in [3.8, 4) is 11.8 Å². The number of benzene rings is 2. The molecule has 1 amide bonds. The summed E-state index contributed by atoms with van der Waals surface area (Å²) in [5.74, 6) is -0.392. The normalized spacial score (nSPS) is 12.3. The lowest BCUT2D eigenvalue weighted by molar-refractivity contribution is -0.117. The molecular weight excluding hydrogens is 382 g/mol. The van der Waals surface area contributed by atoms with Gasteiger partial charge in [0.25, 0.3) is 5.91 Å². The molecule has 4 nitrogen and oxygen atoms in total. The third-order valence-electron chi connectivity index (χ3n) is 4.85. The average Bonchev–Trinajstić information content (AvgIpc) is 2.99. The Morgan fingerprint density at radius 3 is 2.52 bits per heavy atom. The molecule has 1 atom stereocenters. The topological polar surface area (TPSA) is 57.8 Å². The van der Waals surface area contributed by atoms with Crippen molar-refractivity contribution in [1.82, 2.24) is 9.88 Å². The third kappa shape index (κ3) is 4.59. The molecule has 0 spiro atoms. The van der Waals surface area contributed by atoms with Gasteiger partial charge in [0.2, 0.25) is 0 Å². The number of nitrogens with zero attached hydrogens (tertiary/aromatic N) is 2. The molecule has 0 radical (unpaired) electrons. The Balaban J connectivity index is 1.89. The standard InChI is InChI=1S/C24H22ClN3O/c1-16-12-20(18(3)28(16)23-11-7-10-22(25)14-23)13-21(15-26)24(29)27-17(2)19-8-5-4-6-9-19/h4-14,17H,1-3H3,(H,27,29)/b21-13+/t17-/m0/s1. The summed E-state index contributed by atoms with van der Waals surface area (Å²) in [6.45, 7) is 5.83. The van der Waals surface area contributed by atoms with Crippen LogP contribution in [0.5, 0.6) is 0 Å². The number of carbonyl (C=O) groups is 1. The molecule has 0 fully saturated rings. The number of nitrogens with one attached hydrogen (secondary N) is 1. The Morgan fingerprint density at radius 2 is 1.86 bits per heavy atom. The van der Waals surface area contributed by atoms with Gasteiger partial charge < -0.3 is 9.88 Å². The van der Waals surface area contributed by atoms with Gasteiger partial charge in [0.05, 0.1) is 6.04 Å². The summed E-state index contributed by atoms with van der Waals surface area (Å²) in [7, 11) is 0. The van der Waals surface area contributed by atoms with E-state index in [9.17, 15) is 10.1 Å². The second kappa shape index (κ2) is 8.81. The van der Waals surface area contributed by atoms with Crippen molar-refractivity contribution in [2.45, 2.75) is 26.8 Å². The van der Waals surface area contributed by atoms with Gasteiger partial charge in [0, 0.05) is 22.1 Å². The third-order valence-corrected chi connectivity index (χ3v) is 5.08. The zero-order valence-corrected chi connectivity index (χ0v) is 17.4. The highest BCUT2D eigenvalue weighted by Gasteiger charge is 2.16. The molecule has 0 saturated heterocycles. The molecule has 1 aromatic heterocycles. The van der Waals surface area contributed by atoms with Crippen LogP contribution in [0.3, 0.4) is 0 Å². The summed E-state index contributed by atoms with van der Waals surface area (Å²) in [6, 6.07) is 21.0. The predicted molar refractivity (Wildman–Crippen MR) is 117 cm³/mol. The minimum absolute atomic E-state index is 0.0686. The van der Waals surface area contributed by atoms with Crippen LogP contribution in [0, 0.1) is 25.2 Å². The van der Waals surface area contributed by atoms with Crippen LogP contribution in [0.1, 0.15) is 35.5 Å². The van der Waals surface area contributed by atoms with E-state index in [2.05, 4.69) is 9.88 Å². The number of halogens is 1. The highest BCUT2D eigenvalue weighted by Crippen LogP contribution is 2.24. The lowest BCUT2D eigenvalue weighted by atomic mass is 10.1. The summed E-state index contributed by atoms with van der Waals surface area (Å²) < 4.78 is 2.05. The van der Waals surface area contributed by atoms with Gasteiger partial charge in [-0.2, -0.15) is 5.26 Å². The van der Waals surface area contributed by atoms with Gasteiger partial charge in [0.1, 0.15) is 11.6 Å². The molecule has 0 unspecified atom stereocenters. The van der Waals surface area contributed by atoms with Gasteiger partial charge in [-0.25, -0.2) is 0 Å². The van der Waals surface area contributed by atoms with E-state index in [-0.39, 0.29) is 11.6 Å². The molecular formula is C24H22ClN3O. The molecule has 0 bridgehead atoms. The fourth-order valence-corrected chi connectivity index (χ4v) is 3.53. The predicted octanol–water partition coefficient (Wildman–Crippen LogP) is 5.53. The maximum absolute atomic E-state index is 12.7. The molecule has 0 aliphatic carbocycles. The highest BCUT2D eigenvalue weighted by molar-refractivity contribution is 6.30. The monoisotopic (exact) mass is 403 g/mol. The van der Waals surface area contributed by atoms with Gasteiger partial charge in [-0.3, -0.25) is 4.79 Å². The Labute approximate surface area is 176 Å². The molecule has 2 aromatic carbocycles. The first-order valence-corrected chi connectivity index (χ1v) is 9.71. The summed E-state index contributed by atoms with van der Waals surface area (Å²) in [4.78, 5) is 12.7. The van der Waals surface area contributed by atoms with Crippen molar-refractivity contribution in [3.63, 3.8) is 0 Å². The Kier molecular flexibility index (Phi) is 6.21. The first-order chi connectivity index (χ1) is 13.9. The molecule has 3 aromatic rings. The number of amides is 1. The van der Waals surface area contributed by atoms with Crippen LogP contribution in [-0.4, -0.2) is 10.5 Å². The van der Waals surface area contributed by atoms with Gasteiger partial charge in [-0.15, -0.1) is 0 Å². The molecule has 29 heavy (non-hydrogen) atoms. The van der Waals surface area contributed by atoms with E-state index in [0.717, 1.165) is 28.2 Å². The van der Waals surface area contributed by atoms with Crippen LogP contribution in [0.4, 0.5) is 0 Å². The lowest BCUT2D eigenvalue weighted by Gasteiger charge is -2.13. The van der Waals surface area contributed by atoms with E-state index in [4.69, 9.17) is 11.6 Å². The van der Waals surface area contributed by atoms with Crippen LogP contribution in [-0.2, 0) is 4.79 Å². The second-order valence-electron chi connectivity index (χ2n) is 6.92. The average molecular weight is 404 g/mol. The molecule has 0 saturated carbocycles. The first kappa shape index (κ1) is 20.4. The Hall–Kier alpha value is -3.29. The fraction of sp³-hybridized carbons (Fsp3) is 0.167. The summed E-state index contributed by atoms with van der Waals surface area (Å²) in [5, 5.41) is 13.1. The maximum atomic E-state index is 12.7. The van der Waals surface area contributed by atoms with Crippen molar-refractivity contribution >= 4 is 23.6 Å². The van der Waals surface area contributed by atoms with Crippen LogP contribution in [0.25, 0.3) is 11.8 Å². The molecule has 146 valence electrons. The molecule has 3 rings (SSSR count). The van der Waals surface area contributed by atoms with Crippen LogP contribution >= 0.6 is 11.6 Å². The van der Waals surface area contributed by atoms with Gasteiger partial charge in [-0.05, 0) is 62.2 Å². The second-order valence-corrected chi connectivity index (χ2v) is 7.35. The largest absolute Gasteiger partial charge is 0.345 e. The lowest BCUT2D eigenvalue weighted by Crippen LogP contribution is -2.27. The van der Waals surface area contributed by atoms with Crippen molar-refractivity contribution in [2.24, 2.45) is 0 Å². The number of aromatic nitrogens is 1. The number of carbonyl (C=O) groups excluding carboxylic acids is 1. The molecule has 0 aliphatic heterocycles. The van der Waals surface area contributed by atoms with E-state index < -0.39 is 5.91 Å². The summed E-state index contributed by atoms with van der Waals surface area (Å²) >= 11 is 6.13. The minimum Gasteiger partial charge on any atom is -0.345 e. The van der Waals surface area contributed by atoms with Crippen molar-refractivity contribution in [2.75, 3.05) is 0 Å². The molecule has 1 heterocycles. The van der Waals surface area contributed by atoms with E-state index in [0.29, 0.717) is 5.02 Å². The van der Waals surface area contributed by atoms with Gasteiger partial charge in [0.15, 0.2) is 0 Å². The number of hydrogen-bond acceptors (Lipinski definition) is 2. The Morgan fingerprint density at radius 1 is 1.14 bits per heavy atom. The quantitative estimate of drug-likeness (QED) is 0.449. The highest BCUT2D eigenvalue weighted by atomic mass is 35.5. The number of hydrogen-bond donors (Lipinski definition) is 1. The molecule has 0 aliphatic rings. The maximum Gasteiger partial charge on any atom is 0.262 e. The van der Waals surface area contributed by atoms with Crippen molar-refractivity contribution in [1.29, 1.82) is 5.26 Å². The summed E-state index contributed by atoms with van der Waals surface area (Å²) in [6.07, 6.45) is 1.64. The molecule has 1 N–H and O–H groups in total. The van der Waals surface area contributed by atoms with Gasteiger partial charge in [-0.1, -0.05) is 48.0 Å². The van der Waals surface area contributed by atoms with E-state index in [1.54, 1.807) is 6.08 Å². The summed E-state index contributed by atoms with van der Waals surface area (Å²) in [5.41, 5.74) is 4.73. The first-order valence-electron chi connectivity index (χ1n) is 9.33. The van der Waals surface area contributed by atoms with Crippen molar-refractivity contribution < 1.29 is 4.79 Å². The van der Waals surface area contributed by atoms with Crippen LogP contribution < -0.4 is 5.32 Å². The SMILES string of the molecule is Cc1cc(/C=C(\C#N)C(=O)N[C@@H](C)c2ccccc2)c(C)n1-c1cccc(Cl)c1. The van der Waals surface area contributed by atoms with Crippen LogP contribution in [0.2, 0.25) is 5.02 Å². The molecule has 5 heteroatoms. The smallest absolute Gasteiger partial charge is 0.262 e.